The number of esters is 1. The highest BCUT2D eigenvalue weighted by molar-refractivity contribution is 5.89. The zero-order valence-corrected chi connectivity index (χ0v) is 11.6. The van der Waals surface area contributed by atoms with Crippen LogP contribution >= 0.6 is 0 Å². The average molecular weight is 269 g/mol. The quantitative estimate of drug-likeness (QED) is 0.819. The first-order valence-corrected chi connectivity index (χ1v) is 6.76. The molecule has 1 N–H and O–H groups in total. The van der Waals surface area contributed by atoms with Gasteiger partial charge < -0.3 is 10.1 Å². The number of hydrogen-bond donors (Lipinski definition) is 1. The molecule has 0 aromatic heterocycles. The second kappa shape index (κ2) is 7.46. The first kappa shape index (κ1) is 14.3. The molecule has 0 amide bonds. The number of carbonyl (C=O) groups excluding carboxylic acids is 1. The van der Waals surface area contributed by atoms with Crippen molar-refractivity contribution >= 4 is 5.97 Å². The number of rotatable bonds is 6. The second-order valence-corrected chi connectivity index (χ2v) is 4.70. The van der Waals surface area contributed by atoms with Gasteiger partial charge in [-0.2, -0.15) is 0 Å². The molecule has 0 saturated carbocycles. The van der Waals surface area contributed by atoms with Crippen LogP contribution in [-0.2, 0) is 11.3 Å². The largest absolute Gasteiger partial charge is 0.458 e. The lowest BCUT2D eigenvalue weighted by atomic mass is 10.2. The first-order valence-electron chi connectivity index (χ1n) is 6.76. The molecule has 20 heavy (non-hydrogen) atoms. The zero-order chi connectivity index (χ0) is 14.2. The molecule has 2 aromatic carbocycles. The predicted molar refractivity (Wildman–Crippen MR) is 79.5 cm³/mol. The molecule has 0 radical (unpaired) electrons. The number of benzene rings is 2. The Kier molecular flexibility index (Phi) is 5.33. The van der Waals surface area contributed by atoms with Crippen molar-refractivity contribution in [1.82, 2.24) is 5.32 Å². The van der Waals surface area contributed by atoms with Gasteiger partial charge in [-0.3, -0.25) is 0 Å². The summed E-state index contributed by atoms with van der Waals surface area (Å²) in [7, 11) is 0. The van der Waals surface area contributed by atoms with E-state index in [1.807, 2.05) is 43.3 Å². The predicted octanol–water partition coefficient (Wildman–Crippen LogP) is 3.02. The van der Waals surface area contributed by atoms with E-state index in [1.165, 1.54) is 5.56 Å². The number of carbonyl (C=O) groups is 1. The van der Waals surface area contributed by atoms with Gasteiger partial charge in [-0.15, -0.1) is 0 Å². The Morgan fingerprint density at radius 2 is 1.65 bits per heavy atom. The number of ether oxygens (including phenoxy) is 1. The SMILES string of the molecule is CC(CNCc1ccccc1)OC(=O)c1ccccc1. The molecular weight excluding hydrogens is 250 g/mol. The summed E-state index contributed by atoms with van der Waals surface area (Å²) in [4.78, 5) is 11.8. The van der Waals surface area contributed by atoms with Gasteiger partial charge in [0.05, 0.1) is 5.56 Å². The van der Waals surface area contributed by atoms with Crippen LogP contribution in [0.2, 0.25) is 0 Å². The minimum atomic E-state index is -0.278. The molecule has 2 aromatic rings. The molecule has 0 saturated heterocycles. The Bertz CT molecular complexity index is 525. The van der Waals surface area contributed by atoms with Crippen LogP contribution in [-0.4, -0.2) is 18.6 Å². The molecule has 2 rings (SSSR count). The molecule has 1 atom stereocenters. The van der Waals surface area contributed by atoms with Crippen molar-refractivity contribution in [2.45, 2.75) is 19.6 Å². The molecule has 0 aliphatic carbocycles. The normalized spacial score (nSPS) is 11.8. The molecule has 0 bridgehead atoms. The van der Waals surface area contributed by atoms with Crippen molar-refractivity contribution in [1.29, 1.82) is 0 Å². The molecule has 0 heterocycles. The van der Waals surface area contributed by atoms with Crippen molar-refractivity contribution in [3.05, 3.63) is 71.8 Å². The monoisotopic (exact) mass is 269 g/mol. The summed E-state index contributed by atoms with van der Waals surface area (Å²) < 4.78 is 5.37. The molecule has 0 spiro atoms. The van der Waals surface area contributed by atoms with Gasteiger partial charge in [-0.1, -0.05) is 48.5 Å². The van der Waals surface area contributed by atoms with Gasteiger partial charge in [0.15, 0.2) is 0 Å². The molecular formula is C17H19NO2. The number of hydrogen-bond acceptors (Lipinski definition) is 3. The van der Waals surface area contributed by atoms with Crippen LogP contribution in [0.5, 0.6) is 0 Å². The molecule has 0 fully saturated rings. The fraction of sp³-hybridized carbons (Fsp3) is 0.235. The Hall–Kier alpha value is -2.13. The van der Waals surface area contributed by atoms with Crippen molar-refractivity contribution in [2.75, 3.05) is 6.54 Å². The highest BCUT2D eigenvalue weighted by Crippen LogP contribution is 2.04. The third-order valence-corrected chi connectivity index (χ3v) is 2.92. The molecule has 1 unspecified atom stereocenters. The van der Waals surface area contributed by atoms with Crippen LogP contribution < -0.4 is 5.32 Å². The average Bonchev–Trinajstić information content (AvgIpc) is 2.49. The molecule has 104 valence electrons. The maximum absolute atomic E-state index is 11.8. The lowest BCUT2D eigenvalue weighted by molar-refractivity contribution is 0.0342. The Labute approximate surface area is 119 Å². The van der Waals surface area contributed by atoms with E-state index in [2.05, 4.69) is 17.4 Å². The van der Waals surface area contributed by atoms with Crippen molar-refractivity contribution in [2.24, 2.45) is 0 Å². The van der Waals surface area contributed by atoms with Crippen LogP contribution in [0.1, 0.15) is 22.8 Å². The smallest absolute Gasteiger partial charge is 0.338 e. The van der Waals surface area contributed by atoms with Gasteiger partial charge in [0.2, 0.25) is 0 Å². The van der Waals surface area contributed by atoms with Gasteiger partial charge in [0.25, 0.3) is 0 Å². The summed E-state index contributed by atoms with van der Waals surface area (Å²) in [5.41, 5.74) is 1.80. The fourth-order valence-corrected chi connectivity index (χ4v) is 1.88. The van der Waals surface area contributed by atoms with E-state index in [1.54, 1.807) is 12.1 Å². The van der Waals surface area contributed by atoms with E-state index in [0.29, 0.717) is 12.1 Å². The lowest BCUT2D eigenvalue weighted by Gasteiger charge is -2.14. The Morgan fingerprint density at radius 1 is 1.05 bits per heavy atom. The highest BCUT2D eigenvalue weighted by Gasteiger charge is 2.10. The van der Waals surface area contributed by atoms with E-state index in [9.17, 15) is 4.79 Å². The van der Waals surface area contributed by atoms with Crippen LogP contribution in [0.4, 0.5) is 0 Å². The fourth-order valence-electron chi connectivity index (χ4n) is 1.88. The van der Waals surface area contributed by atoms with Gasteiger partial charge in [-0.25, -0.2) is 4.79 Å². The van der Waals surface area contributed by atoms with Crippen LogP contribution in [0.25, 0.3) is 0 Å². The van der Waals surface area contributed by atoms with Gasteiger partial charge in [0.1, 0.15) is 6.10 Å². The third kappa shape index (κ3) is 4.52. The Morgan fingerprint density at radius 3 is 2.30 bits per heavy atom. The first-order chi connectivity index (χ1) is 9.75. The van der Waals surface area contributed by atoms with E-state index in [-0.39, 0.29) is 12.1 Å². The molecule has 0 aliphatic heterocycles. The summed E-state index contributed by atoms with van der Waals surface area (Å²) in [6.07, 6.45) is -0.161. The van der Waals surface area contributed by atoms with Crippen LogP contribution in [0, 0.1) is 0 Å². The zero-order valence-electron chi connectivity index (χ0n) is 11.6. The van der Waals surface area contributed by atoms with E-state index < -0.39 is 0 Å². The van der Waals surface area contributed by atoms with Crippen molar-refractivity contribution in [3.63, 3.8) is 0 Å². The highest BCUT2D eigenvalue weighted by atomic mass is 16.5. The molecule has 3 heteroatoms. The van der Waals surface area contributed by atoms with Crippen LogP contribution in [0.15, 0.2) is 60.7 Å². The van der Waals surface area contributed by atoms with E-state index in [4.69, 9.17) is 4.74 Å². The summed E-state index contributed by atoms with van der Waals surface area (Å²) in [6, 6.07) is 19.2. The summed E-state index contributed by atoms with van der Waals surface area (Å²) in [5.74, 6) is -0.278. The van der Waals surface area contributed by atoms with E-state index in [0.717, 1.165) is 6.54 Å². The van der Waals surface area contributed by atoms with Gasteiger partial charge >= 0.3 is 5.97 Å². The Balaban J connectivity index is 1.73. The van der Waals surface area contributed by atoms with Crippen LogP contribution in [0.3, 0.4) is 0 Å². The minimum absolute atomic E-state index is 0.161. The maximum Gasteiger partial charge on any atom is 0.338 e. The lowest BCUT2D eigenvalue weighted by Crippen LogP contribution is -2.28. The standard InChI is InChI=1S/C17H19NO2/c1-14(12-18-13-15-8-4-2-5-9-15)20-17(19)16-10-6-3-7-11-16/h2-11,14,18H,12-13H2,1H3. The van der Waals surface area contributed by atoms with Crippen molar-refractivity contribution in [3.8, 4) is 0 Å². The second-order valence-electron chi connectivity index (χ2n) is 4.70. The van der Waals surface area contributed by atoms with Gasteiger partial charge in [0, 0.05) is 13.1 Å². The summed E-state index contributed by atoms with van der Waals surface area (Å²) >= 11 is 0. The molecule has 0 aliphatic rings. The summed E-state index contributed by atoms with van der Waals surface area (Å²) in [6.45, 7) is 3.29. The topological polar surface area (TPSA) is 38.3 Å². The van der Waals surface area contributed by atoms with Gasteiger partial charge in [-0.05, 0) is 24.6 Å². The maximum atomic E-state index is 11.8. The number of nitrogens with one attached hydrogen (secondary N) is 1. The van der Waals surface area contributed by atoms with Crippen molar-refractivity contribution < 1.29 is 9.53 Å². The summed E-state index contributed by atoms with van der Waals surface area (Å²) in [5, 5.41) is 3.28. The molecule has 3 nitrogen and oxygen atoms in total. The van der Waals surface area contributed by atoms with E-state index >= 15 is 0 Å². The minimum Gasteiger partial charge on any atom is -0.458 e. The third-order valence-electron chi connectivity index (χ3n) is 2.92.